The van der Waals surface area contributed by atoms with E-state index in [1.54, 1.807) is 6.07 Å². The molecule has 3 amide bonds. The number of esters is 1. The van der Waals surface area contributed by atoms with E-state index in [1.165, 1.54) is 44.8 Å². The Morgan fingerprint density at radius 3 is 2.61 bits per heavy atom. The van der Waals surface area contributed by atoms with Crippen molar-refractivity contribution in [3.63, 3.8) is 0 Å². The molecule has 0 bridgehead atoms. The molecule has 0 spiro atoms. The predicted octanol–water partition coefficient (Wildman–Crippen LogP) is 2.58. The van der Waals surface area contributed by atoms with Crippen LogP contribution < -0.4 is 20.1 Å². The number of allylic oxidation sites excluding steroid dienone is 1. The largest absolute Gasteiger partial charge is 0.497 e. The zero-order valence-corrected chi connectivity index (χ0v) is 16.2. The van der Waals surface area contributed by atoms with Crippen molar-refractivity contribution < 1.29 is 28.6 Å². The van der Waals surface area contributed by atoms with Crippen molar-refractivity contribution in [2.75, 3.05) is 27.4 Å². The van der Waals surface area contributed by atoms with Crippen LogP contribution in [0, 0.1) is 0 Å². The number of benzene rings is 1. The van der Waals surface area contributed by atoms with E-state index in [9.17, 15) is 14.4 Å². The maximum absolute atomic E-state index is 12.1. The van der Waals surface area contributed by atoms with Gasteiger partial charge >= 0.3 is 12.0 Å². The number of imide groups is 1. The van der Waals surface area contributed by atoms with Crippen molar-refractivity contribution in [3.05, 3.63) is 35.4 Å². The molecule has 0 unspecified atom stereocenters. The lowest BCUT2D eigenvalue weighted by atomic mass is 9.97. The number of methoxy groups -OCH3 is 2. The van der Waals surface area contributed by atoms with Gasteiger partial charge in [0.15, 0.2) is 6.61 Å². The van der Waals surface area contributed by atoms with Crippen LogP contribution in [-0.4, -0.2) is 45.3 Å². The molecular weight excluding hydrogens is 364 g/mol. The fourth-order valence-electron chi connectivity index (χ4n) is 2.85. The molecule has 1 aromatic rings. The molecule has 0 saturated carbocycles. The van der Waals surface area contributed by atoms with E-state index in [-0.39, 0.29) is 11.3 Å². The van der Waals surface area contributed by atoms with Gasteiger partial charge < -0.3 is 19.5 Å². The summed E-state index contributed by atoms with van der Waals surface area (Å²) >= 11 is 0. The Labute approximate surface area is 164 Å². The molecule has 2 rings (SSSR count). The minimum absolute atomic E-state index is 0.154. The molecule has 152 valence electrons. The van der Waals surface area contributed by atoms with E-state index in [2.05, 4.69) is 16.7 Å². The molecule has 1 aliphatic rings. The van der Waals surface area contributed by atoms with Crippen molar-refractivity contribution in [2.24, 2.45) is 0 Å². The van der Waals surface area contributed by atoms with E-state index < -0.39 is 24.5 Å². The highest BCUT2D eigenvalue weighted by molar-refractivity contribution is 5.97. The first kappa shape index (κ1) is 21.3. The van der Waals surface area contributed by atoms with Crippen LogP contribution in [0.25, 0.3) is 0 Å². The SMILES string of the molecule is COc1ccc(C(=O)OCC(=O)NC(=O)NCCC2=CCCCC2)c(OC)c1. The second-order valence-corrected chi connectivity index (χ2v) is 6.30. The zero-order chi connectivity index (χ0) is 20.4. The average Bonchev–Trinajstić information content (AvgIpc) is 2.72. The Balaban J connectivity index is 1.73. The van der Waals surface area contributed by atoms with Crippen molar-refractivity contribution in [3.8, 4) is 11.5 Å². The lowest BCUT2D eigenvalue weighted by Crippen LogP contribution is -2.41. The number of urea groups is 1. The van der Waals surface area contributed by atoms with Gasteiger partial charge in [0, 0.05) is 12.6 Å². The van der Waals surface area contributed by atoms with Gasteiger partial charge in [-0.1, -0.05) is 11.6 Å². The smallest absolute Gasteiger partial charge is 0.342 e. The third kappa shape index (κ3) is 6.61. The lowest BCUT2D eigenvalue weighted by Gasteiger charge is -2.13. The summed E-state index contributed by atoms with van der Waals surface area (Å²) in [7, 11) is 2.90. The highest BCUT2D eigenvalue weighted by atomic mass is 16.5. The molecule has 0 aliphatic heterocycles. The first-order chi connectivity index (χ1) is 13.5. The van der Waals surface area contributed by atoms with Crippen molar-refractivity contribution in [1.82, 2.24) is 10.6 Å². The summed E-state index contributed by atoms with van der Waals surface area (Å²) in [5, 5.41) is 4.76. The van der Waals surface area contributed by atoms with Crippen LogP contribution in [0.15, 0.2) is 29.8 Å². The fourth-order valence-corrected chi connectivity index (χ4v) is 2.85. The van der Waals surface area contributed by atoms with Gasteiger partial charge in [0.25, 0.3) is 5.91 Å². The highest BCUT2D eigenvalue weighted by Crippen LogP contribution is 2.25. The summed E-state index contributed by atoms with van der Waals surface area (Å²) in [4.78, 5) is 35.7. The quantitative estimate of drug-likeness (QED) is 0.522. The molecule has 0 aromatic heterocycles. The third-order valence-corrected chi connectivity index (χ3v) is 4.33. The summed E-state index contributed by atoms with van der Waals surface area (Å²) in [5.74, 6) is -0.666. The average molecular weight is 390 g/mol. The van der Waals surface area contributed by atoms with E-state index in [0.717, 1.165) is 19.3 Å². The molecule has 1 aliphatic carbocycles. The van der Waals surface area contributed by atoms with Crippen LogP contribution in [0.2, 0.25) is 0 Å². The van der Waals surface area contributed by atoms with Crippen molar-refractivity contribution in [1.29, 1.82) is 0 Å². The number of carbonyl (C=O) groups excluding carboxylic acids is 3. The van der Waals surface area contributed by atoms with Crippen LogP contribution in [0.1, 0.15) is 42.5 Å². The molecule has 0 radical (unpaired) electrons. The van der Waals surface area contributed by atoms with Gasteiger partial charge in [-0.3, -0.25) is 10.1 Å². The summed E-state index contributed by atoms with van der Waals surface area (Å²) in [6, 6.07) is 3.98. The Hall–Kier alpha value is -3.03. The molecule has 8 heteroatoms. The summed E-state index contributed by atoms with van der Waals surface area (Å²) in [6.07, 6.45) is 7.53. The number of rotatable bonds is 8. The monoisotopic (exact) mass is 390 g/mol. The molecule has 8 nitrogen and oxygen atoms in total. The van der Waals surface area contributed by atoms with Gasteiger partial charge in [0.1, 0.15) is 17.1 Å². The van der Waals surface area contributed by atoms with Gasteiger partial charge in [-0.05, 0) is 44.2 Å². The molecule has 0 fully saturated rings. The molecule has 1 aromatic carbocycles. The fraction of sp³-hybridized carbons (Fsp3) is 0.450. The topological polar surface area (TPSA) is 103 Å². The van der Waals surface area contributed by atoms with Crippen LogP contribution in [0.4, 0.5) is 4.79 Å². The molecular formula is C20H26N2O6. The Morgan fingerprint density at radius 1 is 1.11 bits per heavy atom. The van der Waals surface area contributed by atoms with Crippen molar-refractivity contribution in [2.45, 2.75) is 32.1 Å². The second-order valence-electron chi connectivity index (χ2n) is 6.30. The standard InChI is InChI=1S/C20H26N2O6/c1-26-15-8-9-16(17(12-15)27-2)19(24)28-13-18(23)22-20(25)21-11-10-14-6-4-3-5-7-14/h6,8-9,12H,3-5,7,10-11,13H2,1-2H3,(H2,21,22,23,25). The summed E-state index contributed by atoms with van der Waals surface area (Å²) in [5.41, 5.74) is 1.49. The first-order valence-corrected chi connectivity index (χ1v) is 9.18. The number of amides is 3. The number of ether oxygens (including phenoxy) is 3. The molecule has 0 heterocycles. The Kier molecular flexibility index (Phi) is 8.33. The van der Waals surface area contributed by atoms with E-state index >= 15 is 0 Å². The summed E-state index contributed by atoms with van der Waals surface area (Å²) < 4.78 is 15.1. The van der Waals surface area contributed by atoms with E-state index in [4.69, 9.17) is 14.2 Å². The van der Waals surface area contributed by atoms with Crippen molar-refractivity contribution >= 4 is 17.9 Å². The van der Waals surface area contributed by atoms with Gasteiger partial charge in [-0.15, -0.1) is 0 Å². The normalized spacial score (nSPS) is 13.1. The predicted molar refractivity (Wildman–Crippen MR) is 103 cm³/mol. The lowest BCUT2D eigenvalue weighted by molar-refractivity contribution is -0.123. The second kappa shape index (κ2) is 11.0. The number of hydrogen-bond acceptors (Lipinski definition) is 6. The minimum atomic E-state index is -0.737. The zero-order valence-electron chi connectivity index (χ0n) is 16.2. The summed E-state index contributed by atoms with van der Waals surface area (Å²) in [6.45, 7) is -0.125. The maximum Gasteiger partial charge on any atom is 0.342 e. The van der Waals surface area contributed by atoms with E-state index in [0.29, 0.717) is 12.3 Å². The van der Waals surface area contributed by atoms with Crippen LogP contribution in [0.3, 0.4) is 0 Å². The Morgan fingerprint density at radius 2 is 1.93 bits per heavy atom. The molecule has 0 saturated heterocycles. The first-order valence-electron chi connectivity index (χ1n) is 9.18. The third-order valence-electron chi connectivity index (χ3n) is 4.33. The van der Waals surface area contributed by atoms with Gasteiger partial charge in [-0.2, -0.15) is 0 Å². The van der Waals surface area contributed by atoms with E-state index in [1.807, 2.05) is 0 Å². The highest BCUT2D eigenvalue weighted by Gasteiger charge is 2.17. The Bertz CT molecular complexity index is 744. The molecule has 2 N–H and O–H groups in total. The van der Waals surface area contributed by atoms with Gasteiger partial charge in [0.2, 0.25) is 0 Å². The van der Waals surface area contributed by atoms with Crippen LogP contribution in [0.5, 0.6) is 11.5 Å². The van der Waals surface area contributed by atoms with Gasteiger partial charge in [0.05, 0.1) is 14.2 Å². The minimum Gasteiger partial charge on any atom is -0.497 e. The maximum atomic E-state index is 12.1. The molecule has 0 atom stereocenters. The van der Waals surface area contributed by atoms with Crippen LogP contribution in [-0.2, 0) is 9.53 Å². The van der Waals surface area contributed by atoms with Crippen LogP contribution >= 0.6 is 0 Å². The van der Waals surface area contributed by atoms with Gasteiger partial charge in [-0.25, -0.2) is 9.59 Å². The molecule has 28 heavy (non-hydrogen) atoms. The number of hydrogen-bond donors (Lipinski definition) is 2. The number of carbonyl (C=O) groups is 3. The number of nitrogens with one attached hydrogen (secondary N) is 2.